The van der Waals surface area contributed by atoms with Crippen LogP contribution in [0, 0.1) is 17.3 Å². The molecule has 0 bridgehead atoms. The first-order chi connectivity index (χ1) is 15.8. The molecular formula is C26H28N2O5. The number of ether oxygens (including phenoxy) is 1. The Morgan fingerprint density at radius 3 is 2.12 bits per heavy atom. The topological polar surface area (TPSA) is 95.9 Å². The first kappa shape index (κ1) is 21.5. The summed E-state index contributed by atoms with van der Waals surface area (Å²) < 4.78 is 5.51. The number of nitrogens with zero attached hydrogens (tertiary/aromatic N) is 1. The van der Waals surface area contributed by atoms with Crippen LogP contribution in [-0.2, 0) is 14.3 Å². The van der Waals surface area contributed by atoms with Gasteiger partial charge in [-0.2, -0.15) is 0 Å². The van der Waals surface area contributed by atoms with E-state index in [1.54, 1.807) is 4.90 Å². The molecule has 5 rings (SSSR count). The molecule has 7 heteroatoms. The third kappa shape index (κ3) is 3.75. The number of nitrogens with one attached hydrogen (secondary N) is 1. The van der Waals surface area contributed by atoms with E-state index in [-0.39, 0.29) is 23.8 Å². The monoisotopic (exact) mass is 448 g/mol. The Morgan fingerprint density at radius 1 is 1.03 bits per heavy atom. The van der Waals surface area contributed by atoms with Crippen LogP contribution in [-0.4, -0.2) is 53.7 Å². The number of fused-ring (bicyclic) bond motifs is 4. The molecule has 0 spiro atoms. The first-order valence-corrected chi connectivity index (χ1v) is 11.4. The molecule has 2 aromatic carbocycles. The lowest BCUT2D eigenvalue weighted by molar-refractivity contribution is -0.142. The van der Waals surface area contributed by atoms with Gasteiger partial charge >= 0.3 is 12.1 Å². The maximum Gasteiger partial charge on any atom is 0.407 e. The van der Waals surface area contributed by atoms with Crippen LogP contribution in [0.1, 0.15) is 37.3 Å². The van der Waals surface area contributed by atoms with Crippen LogP contribution in [0.5, 0.6) is 0 Å². The molecule has 1 aliphatic heterocycles. The third-order valence-corrected chi connectivity index (χ3v) is 7.75. The highest BCUT2D eigenvalue weighted by Gasteiger charge is 2.62. The summed E-state index contributed by atoms with van der Waals surface area (Å²) in [6.07, 6.45) is -1.25. The van der Waals surface area contributed by atoms with Gasteiger partial charge in [-0.05, 0) is 39.5 Å². The number of piperidine rings is 1. The Morgan fingerprint density at radius 2 is 1.58 bits per heavy atom. The van der Waals surface area contributed by atoms with Gasteiger partial charge in [-0.25, -0.2) is 4.79 Å². The largest absolute Gasteiger partial charge is 0.481 e. The van der Waals surface area contributed by atoms with E-state index in [1.807, 2.05) is 36.4 Å². The molecule has 2 aromatic rings. The highest BCUT2D eigenvalue weighted by molar-refractivity contribution is 5.89. The maximum absolute atomic E-state index is 13.0. The minimum absolute atomic E-state index is 0.107. The maximum atomic E-state index is 13.0. The van der Waals surface area contributed by atoms with Crippen molar-refractivity contribution in [2.75, 3.05) is 19.7 Å². The van der Waals surface area contributed by atoms with Crippen LogP contribution in [0.25, 0.3) is 11.1 Å². The van der Waals surface area contributed by atoms with E-state index in [9.17, 15) is 19.5 Å². The van der Waals surface area contributed by atoms with Crippen LogP contribution >= 0.6 is 0 Å². The zero-order valence-corrected chi connectivity index (χ0v) is 18.8. The average molecular weight is 449 g/mol. The quantitative estimate of drug-likeness (QED) is 0.705. The number of carboxylic acids is 1. The van der Waals surface area contributed by atoms with Crippen molar-refractivity contribution in [3.8, 4) is 11.1 Å². The molecule has 2 aliphatic carbocycles. The summed E-state index contributed by atoms with van der Waals surface area (Å²) in [5, 5.41) is 11.8. The van der Waals surface area contributed by atoms with Gasteiger partial charge in [-0.1, -0.05) is 62.4 Å². The number of likely N-dealkylation sites (tertiary alicyclic amines) is 1. The Hall–Kier alpha value is -3.35. The molecule has 3 unspecified atom stereocenters. The number of amides is 2. The number of aliphatic carboxylic acids is 1. The van der Waals surface area contributed by atoms with E-state index in [0.717, 1.165) is 22.3 Å². The number of alkyl carbamates (subject to hydrolysis) is 1. The number of rotatable bonds is 6. The Kier molecular flexibility index (Phi) is 5.15. The summed E-state index contributed by atoms with van der Waals surface area (Å²) >= 11 is 0. The van der Waals surface area contributed by atoms with E-state index >= 15 is 0 Å². The third-order valence-electron chi connectivity index (χ3n) is 7.75. The average Bonchev–Trinajstić information content (AvgIpc) is 3.16. The van der Waals surface area contributed by atoms with Crippen molar-refractivity contribution >= 4 is 18.0 Å². The van der Waals surface area contributed by atoms with Crippen molar-refractivity contribution in [2.24, 2.45) is 17.3 Å². The molecule has 1 heterocycles. The fourth-order valence-electron chi connectivity index (χ4n) is 5.69. The standard InChI is InChI=1S/C26H28N2O5/c1-26(2)20-12-28(13-21(20)26)24(31)22(11-23(29)30)27-25(32)33-14-19-17-9-5-3-7-15(17)16-8-4-6-10-18(16)19/h3-10,19-22H,11-14H2,1-2H3,(H,27,32)(H,29,30). The Balaban J connectivity index is 1.24. The molecule has 2 N–H and O–H groups in total. The predicted octanol–water partition coefficient (Wildman–Crippen LogP) is 3.48. The van der Waals surface area contributed by atoms with Crippen LogP contribution in [0.15, 0.2) is 48.5 Å². The van der Waals surface area contributed by atoms with Crippen molar-refractivity contribution < 1.29 is 24.2 Å². The molecule has 7 nitrogen and oxygen atoms in total. The molecule has 0 aromatic heterocycles. The number of carbonyl (C=O) groups excluding carboxylic acids is 2. The van der Waals surface area contributed by atoms with Gasteiger partial charge in [-0.3, -0.25) is 9.59 Å². The Labute approximate surface area is 192 Å². The smallest absolute Gasteiger partial charge is 0.407 e. The van der Waals surface area contributed by atoms with Gasteiger partial charge in [0.25, 0.3) is 0 Å². The van der Waals surface area contributed by atoms with Crippen LogP contribution < -0.4 is 5.32 Å². The Bertz CT molecular complexity index is 1070. The summed E-state index contributed by atoms with van der Waals surface area (Å²) in [4.78, 5) is 38.6. The van der Waals surface area contributed by atoms with Gasteiger partial charge in [0.2, 0.25) is 5.91 Å². The zero-order chi connectivity index (χ0) is 23.3. The molecule has 33 heavy (non-hydrogen) atoms. The lowest BCUT2D eigenvalue weighted by Gasteiger charge is -2.26. The van der Waals surface area contributed by atoms with Gasteiger partial charge in [0, 0.05) is 19.0 Å². The molecular weight excluding hydrogens is 420 g/mol. The highest BCUT2D eigenvalue weighted by Crippen LogP contribution is 2.62. The lowest BCUT2D eigenvalue weighted by atomic mass is 9.98. The van der Waals surface area contributed by atoms with Crippen molar-refractivity contribution in [2.45, 2.75) is 32.2 Å². The van der Waals surface area contributed by atoms with Gasteiger partial charge < -0.3 is 20.1 Å². The van der Waals surface area contributed by atoms with Gasteiger partial charge in [0.15, 0.2) is 0 Å². The molecule has 172 valence electrons. The van der Waals surface area contributed by atoms with Crippen molar-refractivity contribution in [3.63, 3.8) is 0 Å². The van der Waals surface area contributed by atoms with Crippen LogP contribution in [0.4, 0.5) is 4.79 Å². The van der Waals surface area contributed by atoms with Crippen LogP contribution in [0.2, 0.25) is 0 Å². The summed E-state index contributed by atoms with van der Waals surface area (Å²) in [6.45, 7) is 5.70. The van der Waals surface area contributed by atoms with E-state index in [4.69, 9.17) is 4.74 Å². The first-order valence-electron chi connectivity index (χ1n) is 11.4. The molecule has 1 saturated heterocycles. The van der Waals surface area contributed by atoms with E-state index in [1.165, 1.54) is 0 Å². The number of hydrogen-bond acceptors (Lipinski definition) is 4. The number of benzene rings is 2. The molecule has 2 amide bonds. The second-order valence-corrected chi connectivity index (χ2v) is 9.90. The van der Waals surface area contributed by atoms with Crippen molar-refractivity contribution in [3.05, 3.63) is 59.7 Å². The van der Waals surface area contributed by atoms with E-state index in [2.05, 4.69) is 31.3 Å². The van der Waals surface area contributed by atoms with Gasteiger partial charge in [0.05, 0.1) is 6.42 Å². The number of hydrogen-bond donors (Lipinski definition) is 2. The SMILES string of the molecule is CC1(C)C2CN(C(=O)C(CC(=O)O)NC(=O)OCC3c4ccccc4-c4ccccc43)CC21. The second kappa shape index (κ2) is 7.90. The molecule has 3 aliphatic rings. The summed E-state index contributed by atoms with van der Waals surface area (Å²) in [5.74, 6) is -0.710. The van der Waals surface area contributed by atoms with E-state index < -0.39 is 24.5 Å². The molecule has 2 fully saturated rings. The summed E-state index contributed by atoms with van der Waals surface area (Å²) in [5.41, 5.74) is 4.65. The number of carboxylic acid groups (broad SMARTS) is 1. The predicted molar refractivity (Wildman–Crippen MR) is 122 cm³/mol. The van der Waals surface area contributed by atoms with Gasteiger partial charge in [-0.15, -0.1) is 0 Å². The number of carbonyl (C=O) groups is 3. The minimum Gasteiger partial charge on any atom is -0.481 e. The minimum atomic E-state index is -1.14. The molecule has 3 atom stereocenters. The molecule has 1 saturated carbocycles. The van der Waals surface area contributed by atoms with Crippen molar-refractivity contribution in [1.82, 2.24) is 10.2 Å². The summed E-state index contributed by atoms with van der Waals surface area (Å²) in [7, 11) is 0. The summed E-state index contributed by atoms with van der Waals surface area (Å²) in [6, 6.07) is 14.9. The van der Waals surface area contributed by atoms with Gasteiger partial charge in [0.1, 0.15) is 12.6 Å². The van der Waals surface area contributed by atoms with E-state index in [0.29, 0.717) is 24.9 Å². The fourth-order valence-corrected chi connectivity index (χ4v) is 5.69. The normalized spacial score (nSPS) is 22.7. The highest BCUT2D eigenvalue weighted by atomic mass is 16.5. The zero-order valence-electron chi connectivity index (χ0n) is 18.8. The van der Waals surface area contributed by atoms with Crippen molar-refractivity contribution in [1.29, 1.82) is 0 Å². The molecule has 0 radical (unpaired) electrons. The lowest BCUT2D eigenvalue weighted by Crippen LogP contribution is -2.50. The second-order valence-electron chi connectivity index (χ2n) is 9.90. The van der Waals surface area contributed by atoms with Crippen LogP contribution in [0.3, 0.4) is 0 Å². The fraction of sp³-hybridized carbons (Fsp3) is 0.423.